The van der Waals surface area contributed by atoms with Crippen molar-refractivity contribution in [2.75, 3.05) is 5.32 Å². The average molecular weight is 398 g/mol. The maximum Gasteiger partial charge on any atom is 0.433 e. The lowest BCUT2D eigenvalue weighted by Gasteiger charge is -2.11. The lowest BCUT2D eigenvalue weighted by molar-refractivity contribution is -0.141. The summed E-state index contributed by atoms with van der Waals surface area (Å²) in [5.74, 6) is -0.253. The molecule has 4 nitrogen and oxygen atoms in total. The average Bonchev–Trinajstić information content (AvgIpc) is 2.60. The number of aromatic nitrogens is 3. The van der Waals surface area contributed by atoms with Crippen molar-refractivity contribution in [3.8, 4) is 11.1 Å². The van der Waals surface area contributed by atoms with Crippen molar-refractivity contribution < 1.29 is 26.3 Å². The maximum atomic E-state index is 12.8. The van der Waals surface area contributed by atoms with Gasteiger partial charge in [-0.25, -0.2) is 9.97 Å². The summed E-state index contributed by atoms with van der Waals surface area (Å²) in [5, 5.41) is 2.68. The van der Waals surface area contributed by atoms with E-state index < -0.39 is 23.7 Å². The van der Waals surface area contributed by atoms with E-state index in [1.165, 1.54) is 6.07 Å². The van der Waals surface area contributed by atoms with Crippen LogP contribution < -0.4 is 5.32 Å². The molecule has 0 saturated carbocycles. The molecule has 2 heterocycles. The van der Waals surface area contributed by atoms with E-state index >= 15 is 0 Å². The van der Waals surface area contributed by atoms with Gasteiger partial charge >= 0.3 is 12.4 Å². The van der Waals surface area contributed by atoms with Crippen LogP contribution in [0.15, 0.2) is 48.8 Å². The van der Waals surface area contributed by atoms with Crippen LogP contribution in [-0.4, -0.2) is 15.0 Å². The number of hydrogen-bond donors (Lipinski definition) is 1. The summed E-state index contributed by atoms with van der Waals surface area (Å²) >= 11 is 0. The van der Waals surface area contributed by atoms with E-state index in [0.717, 1.165) is 30.1 Å². The molecule has 0 saturated heterocycles. The highest BCUT2D eigenvalue weighted by atomic mass is 19.4. The van der Waals surface area contributed by atoms with Gasteiger partial charge in [-0.05, 0) is 42.3 Å². The molecule has 0 bridgehead atoms. The Morgan fingerprint density at radius 1 is 0.786 bits per heavy atom. The number of rotatable bonds is 3. The Bertz CT molecular complexity index is 981. The molecule has 0 radical (unpaired) electrons. The molecule has 1 aromatic carbocycles. The third-order valence-electron chi connectivity index (χ3n) is 3.67. The second kappa shape index (κ2) is 7.10. The summed E-state index contributed by atoms with van der Waals surface area (Å²) < 4.78 is 76.2. The monoisotopic (exact) mass is 398 g/mol. The molecule has 2 aromatic heterocycles. The van der Waals surface area contributed by atoms with Gasteiger partial charge < -0.3 is 5.32 Å². The van der Waals surface area contributed by atoms with Gasteiger partial charge in [0.2, 0.25) is 5.95 Å². The Morgan fingerprint density at radius 2 is 1.50 bits per heavy atom. The van der Waals surface area contributed by atoms with Gasteiger partial charge in [-0.1, -0.05) is 12.1 Å². The fourth-order valence-electron chi connectivity index (χ4n) is 2.46. The molecular formula is C18H12F6N4. The standard InChI is InChI=1S/C18H12F6N4/c1-10-6-12(11-2-3-14(26-9-11)17(19,20)21)8-13(7-10)27-16-25-5-4-15(28-16)18(22,23)24/h2-9H,1H3,(H,25,27,28). The van der Waals surface area contributed by atoms with Crippen molar-refractivity contribution in [1.82, 2.24) is 15.0 Å². The molecule has 1 N–H and O–H groups in total. The predicted molar refractivity (Wildman–Crippen MR) is 89.7 cm³/mol. The van der Waals surface area contributed by atoms with Crippen LogP contribution in [0.25, 0.3) is 11.1 Å². The van der Waals surface area contributed by atoms with Crippen LogP contribution in [0.4, 0.5) is 38.0 Å². The molecule has 0 aliphatic heterocycles. The molecule has 0 fully saturated rings. The van der Waals surface area contributed by atoms with E-state index in [1.54, 1.807) is 25.1 Å². The quantitative estimate of drug-likeness (QED) is 0.581. The summed E-state index contributed by atoms with van der Waals surface area (Å²) in [7, 11) is 0. The van der Waals surface area contributed by atoms with E-state index in [2.05, 4.69) is 20.3 Å². The highest BCUT2D eigenvalue weighted by Gasteiger charge is 2.33. The smallest absolute Gasteiger partial charge is 0.324 e. The first kappa shape index (κ1) is 19.6. The summed E-state index contributed by atoms with van der Waals surface area (Å²) in [4.78, 5) is 10.6. The van der Waals surface area contributed by atoms with Gasteiger partial charge in [-0.2, -0.15) is 26.3 Å². The normalized spacial score (nSPS) is 12.1. The summed E-state index contributed by atoms with van der Waals surface area (Å²) in [6, 6.07) is 7.80. The van der Waals surface area contributed by atoms with E-state index in [-0.39, 0.29) is 5.95 Å². The van der Waals surface area contributed by atoms with Gasteiger partial charge in [0.25, 0.3) is 0 Å². The topological polar surface area (TPSA) is 50.7 Å². The molecule has 0 spiro atoms. The zero-order chi connectivity index (χ0) is 20.5. The minimum atomic E-state index is -4.61. The molecule has 0 aliphatic rings. The van der Waals surface area contributed by atoms with Crippen molar-refractivity contribution in [2.24, 2.45) is 0 Å². The second-order valence-electron chi connectivity index (χ2n) is 5.91. The predicted octanol–water partition coefficient (Wildman–Crippen LogP) is 5.63. The number of pyridine rings is 1. The van der Waals surface area contributed by atoms with Crippen LogP contribution >= 0.6 is 0 Å². The molecule has 10 heteroatoms. The third kappa shape index (κ3) is 4.56. The molecule has 0 unspecified atom stereocenters. The third-order valence-corrected chi connectivity index (χ3v) is 3.67. The minimum Gasteiger partial charge on any atom is -0.324 e. The largest absolute Gasteiger partial charge is 0.433 e. The van der Waals surface area contributed by atoms with Crippen molar-refractivity contribution in [1.29, 1.82) is 0 Å². The van der Waals surface area contributed by atoms with E-state index in [9.17, 15) is 26.3 Å². The number of anilines is 2. The first-order valence-corrected chi connectivity index (χ1v) is 7.85. The highest BCUT2D eigenvalue weighted by molar-refractivity contribution is 5.70. The molecule has 3 rings (SSSR count). The molecular weight excluding hydrogens is 386 g/mol. The SMILES string of the molecule is Cc1cc(Nc2nccc(C(F)(F)F)n2)cc(-c2ccc(C(F)(F)F)nc2)c1. The lowest BCUT2D eigenvalue weighted by atomic mass is 10.0. The first-order chi connectivity index (χ1) is 13.0. The molecule has 146 valence electrons. The number of aryl methyl sites for hydroxylation is 1. The first-order valence-electron chi connectivity index (χ1n) is 7.85. The fourth-order valence-corrected chi connectivity index (χ4v) is 2.46. The summed E-state index contributed by atoms with van der Waals surface area (Å²) in [5.41, 5.74) is -0.0362. The van der Waals surface area contributed by atoms with Crippen LogP contribution in [0.1, 0.15) is 17.0 Å². The van der Waals surface area contributed by atoms with Gasteiger partial charge in [-0.3, -0.25) is 4.98 Å². The minimum absolute atomic E-state index is 0.253. The van der Waals surface area contributed by atoms with E-state index in [1.807, 2.05) is 0 Å². The summed E-state index contributed by atoms with van der Waals surface area (Å²) in [6.45, 7) is 1.74. The van der Waals surface area contributed by atoms with E-state index in [4.69, 9.17) is 0 Å². The number of alkyl halides is 6. The second-order valence-corrected chi connectivity index (χ2v) is 5.91. The van der Waals surface area contributed by atoms with Gasteiger partial charge in [0.05, 0.1) is 0 Å². The Hall–Kier alpha value is -3.17. The number of nitrogens with zero attached hydrogens (tertiary/aromatic N) is 3. The number of benzene rings is 1. The van der Waals surface area contributed by atoms with Gasteiger partial charge in [0.1, 0.15) is 11.4 Å². The van der Waals surface area contributed by atoms with Crippen LogP contribution in [-0.2, 0) is 12.4 Å². The van der Waals surface area contributed by atoms with Crippen LogP contribution in [0.3, 0.4) is 0 Å². The van der Waals surface area contributed by atoms with Gasteiger partial charge in [0.15, 0.2) is 0 Å². The number of hydrogen-bond acceptors (Lipinski definition) is 4. The molecule has 0 amide bonds. The molecule has 0 atom stereocenters. The van der Waals surface area contributed by atoms with Crippen LogP contribution in [0.2, 0.25) is 0 Å². The maximum absolute atomic E-state index is 12.8. The van der Waals surface area contributed by atoms with Crippen molar-refractivity contribution in [2.45, 2.75) is 19.3 Å². The lowest BCUT2D eigenvalue weighted by Crippen LogP contribution is -2.10. The van der Waals surface area contributed by atoms with Crippen LogP contribution in [0.5, 0.6) is 0 Å². The van der Waals surface area contributed by atoms with Gasteiger partial charge in [0, 0.05) is 23.6 Å². The van der Waals surface area contributed by atoms with Crippen molar-refractivity contribution in [3.63, 3.8) is 0 Å². The van der Waals surface area contributed by atoms with Crippen molar-refractivity contribution in [3.05, 3.63) is 65.7 Å². The van der Waals surface area contributed by atoms with Crippen molar-refractivity contribution >= 4 is 11.6 Å². The molecule has 0 aliphatic carbocycles. The number of halogens is 6. The zero-order valence-corrected chi connectivity index (χ0v) is 14.2. The van der Waals surface area contributed by atoms with Gasteiger partial charge in [-0.15, -0.1) is 0 Å². The Morgan fingerprint density at radius 3 is 2.11 bits per heavy atom. The Balaban J connectivity index is 1.90. The highest BCUT2D eigenvalue weighted by Crippen LogP contribution is 2.31. The molecule has 3 aromatic rings. The van der Waals surface area contributed by atoms with E-state index in [0.29, 0.717) is 16.8 Å². The Kier molecular flexibility index (Phi) is 4.97. The summed E-state index contributed by atoms with van der Waals surface area (Å²) in [6.07, 6.45) is -7.08. The number of nitrogens with one attached hydrogen (secondary N) is 1. The Labute approximate surface area is 155 Å². The zero-order valence-electron chi connectivity index (χ0n) is 14.2. The molecule has 28 heavy (non-hydrogen) atoms. The fraction of sp³-hybridized carbons (Fsp3) is 0.167. The van der Waals surface area contributed by atoms with Crippen LogP contribution in [0, 0.1) is 6.92 Å².